The number of hydrogen-bond acceptors (Lipinski definition) is 2. The number of hydrogen-bond donors (Lipinski definition) is 2. The first kappa shape index (κ1) is 11.3. The van der Waals surface area contributed by atoms with Crippen LogP contribution in [0.2, 0.25) is 0 Å². The summed E-state index contributed by atoms with van der Waals surface area (Å²) < 4.78 is 0. The molecule has 0 radical (unpaired) electrons. The molecule has 2 N–H and O–H groups in total. The Morgan fingerprint density at radius 1 is 1.57 bits per heavy atom. The number of amides is 2. The second kappa shape index (κ2) is 4.64. The van der Waals surface area contributed by atoms with E-state index < -0.39 is 0 Å². The minimum Gasteiger partial charge on any atom is -0.395 e. The highest BCUT2D eigenvalue weighted by atomic mass is 16.3. The molecule has 0 aromatic rings. The van der Waals surface area contributed by atoms with E-state index >= 15 is 0 Å². The summed E-state index contributed by atoms with van der Waals surface area (Å²) in [5.74, 6) is 0. The monoisotopic (exact) mass is 200 g/mol. The summed E-state index contributed by atoms with van der Waals surface area (Å²) >= 11 is 0. The molecular formula is C10H20N2O2. The molecule has 14 heavy (non-hydrogen) atoms. The number of urea groups is 1. The molecule has 0 unspecified atom stereocenters. The molecular weight excluding hydrogens is 180 g/mol. The van der Waals surface area contributed by atoms with Gasteiger partial charge in [0.1, 0.15) is 0 Å². The fourth-order valence-corrected chi connectivity index (χ4v) is 1.48. The SMILES string of the molecule is CCC1(CNC(=O)N(C)CCO)CC1. The largest absolute Gasteiger partial charge is 0.395 e. The van der Waals surface area contributed by atoms with Crippen molar-refractivity contribution in [3.63, 3.8) is 0 Å². The van der Waals surface area contributed by atoms with Crippen LogP contribution in [0.4, 0.5) is 4.79 Å². The second-order valence-electron chi connectivity index (χ2n) is 4.16. The van der Waals surface area contributed by atoms with Crippen LogP contribution in [-0.4, -0.2) is 42.8 Å². The zero-order valence-corrected chi connectivity index (χ0v) is 9.05. The molecule has 1 aliphatic rings. The van der Waals surface area contributed by atoms with E-state index in [0.29, 0.717) is 12.0 Å². The number of rotatable bonds is 5. The first-order chi connectivity index (χ1) is 6.63. The van der Waals surface area contributed by atoms with Gasteiger partial charge in [0, 0.05) is 20.1 Å². The lowest BCUT2D eigenvalue weighted by atomic mass is 10.0. The zero-order valence-electron chi connectivity index (χ0n) is 9.05. The van der Waals surface area contributed by atoms with E-state index in [-0.39, 0.29) is 12.6 Å². The van der Waals surface area contributed by atoms with Crippen molar-refractivity contribution in [2.24, 2.45) is 5.41 Å². The van der Waals surface area contributed by atoms with Crippen molar-refractivity contribution in [2.45, 2.75) is 26.2 Å². The Kier molecular flexibility index (Phi) is 3.75. The second-order valence-corrected chi connectivity index (χ2v) is 4.16. The molecule has 0 aromatic heterocycles. The van der Waals surface area contributed by atoms with Gasteiger partial charge in [0.15, 0.2) is 0 Å². The van der Waals surface area contributed by atoms with Gasteiger partial charge >= 0.3 is 6.03 Å². The molecule has 0 saturated heterocycles. The van der Waals surface area contributed by atoms with E-state index in [1.54, 1.807) is 7.05 Å². The van der Waals surface area contributed by atoms with E-state index in [4.69, 9.17) is 5.11 Å². The first-order valence-electron chi connectivity index (χ1n) is 5.23. The van der Waals surface area contributed by atoms with Crippen LogP contribution in [0.3, 0.4) is 0 Å². The first-order valence-corrected chi connectivity index (χ1v) is 5.23. The van der Waals surface area contributed by atoms with Crippen LogP contribution in [0, 0.1) is 5.41 Å². The van der Waals surface area contributed by atoms with Gasteiger partial charge in [-0.2, -0.15) is 0 Å². The molecule has 1 saturated carbocycles. The Balaban J connectivity index is 2.20. The topological polar surface area (TPSA) is 52.6 Å². The lowest BCUT2D eigenvalue weighted by Crippen LogP contribution is -2.41. The third kappa shape index (κ3) is 2.87. The van der Waals surface area contributed by atoms with Crippen molar-refractivity contribution in [3.8, 4) is 0 Å². The molecule has 4 heteroatoms. The molecule has 0 heterocycles. The van der Waals surface area contributed by atoms with Gasteiger partial charge in [-0.3, -0.25) is 0 Å². The van der Waals surface area contributed by atoms with Crippen LogP contribution < -0.4 is 5.32 Å². The highest BCUT2D eigenvalue weighted by Gasteiger charge is 2.40. The van der Waals surface area contributed by atoms with E-state index in [1.165, 1.54) is 17.7 Å². The summed E-state index contributed by atoms with van der Waals surface area (Å²) in [6.07, 6.45) is 3.60. The number of carbonyl (C=O) groups excluding carboxylic acids is 1. The highest BCUT2D eigenvalue weighted by Crippen LogP contribution is 2.47. The molecule has 0 bridgehead atoms. The maximum Gasteiger partial charge on any atom is 0.317 e. The van der Waals surface area contributed by atoms with E-state index in [1.807, 2.05) is 0 Å². The average molecular weight is 200 g/mol. The summed E-state index contributed by atoms with van der Waals surface area (Å²) in [5, 5.41) is 11.5. The van der Waals surface area contributed by atoms with Crippen LogP contribution >= 0.6 is 0 Å². The fraction of sp³-hybridized carbons (Fsp3) is 0.900. The number of likely N-dealkylation sites (N-methyl/N-ethyl adjacent to an activating group) is 1. The van der Waals surface area contributed by atoms with E-state index in [0.717, 1.165) is 13.0 Å². The lowest BCUT2D eigenvalue weighted by molar-refractivity contribution is 0.188. The van der Waals surface area contributed by atoms with Crippen molar-refractivity contribution >= 4 is 6.03 Å². The summed E-state index contributed by atoms with van der Waals surface area (Å²) in [4.78, 5) is 12.9. The maximum atomic E-state index is 11.4. The third-order valence-corrected chi connectivity index (χ3v) is 3.10. The molecule has 0 atom stereocenters. The molecule has 0 spiro atoms. The van der Waals surface area contributed by atoms with Crippen LogP contribution in [0.25, 0.3) is 0 Å². The molecule has 1 aliphatic carbocycles. The van der Waals surface area contributed by atoms with E-state index in [9.17, 15) is 4.79 Å². The number of aliphatic hydroxyl groups is 1. The van der Waals surface area contributed by atoms with Gasteiger partial charge in [-0.25, -0.2) is 4.79 Å². The van der Waals surface area contributed by atoms with Crippen molar-refractivity contribution in [2.75, 3.05) is 26.7 Å². The Morgan fingerprint density at radius 2 is 2.21 bits per heavy atom. The van der Waals surface area contributed by atoms with Crippen LogP contribution in [0.5, 0.6) is 0 Å². The summed E-state index contributed by atoms with van der Waals surface area (Å²) in [6.45, 7) is 3.35. The maximum absolute atomic E-state index is 11.4. The minimum atomic E-state index is -0.0845. The zero-order chi connectivity index (χ0) is 10.6. The van der Waals surface area contributed by atoms with Crippen molar-refractivity contribution in [3.05, 3.63) is 0 Å². The van der Waals surface area contributed by atoms with Gasteiger partial charge in [0.25, 0.3) is 0 Å². The lowest BCUT2D eigenvalue weighted by Gasteiger charge is -2.19. The predicted molar refractivity (Wildman–Crippen MR) is 55.1 cm³/mol. The number of carbonyl (C=O) groups is 1. The van der Waals surface area contributed by atoms with Gasteiger partial charge in [-0.1, -0.05) is 6.92 Å². The van der Waals surface area contributed by atoms with Gasteiger partial charge in [0.05, 0.1) is 6.61 Å². The smallest absolute Gasteiger partial charge is 0.317 e. The van der Waals surface area contributed by atoms with Crippen LogP contribution in [0.1, 0.15) is 26.2 Å². The fourth-order valence-electron chi connectivity index (χ4n) is 1.48. The highest BCUT2D eigenvalue weighted by molar-refractivity contribution is 5.73. The van der Waals surface area contributed by atoms with Crippen LogP contribution in [0.15, 0.2) is 0 Å². The van der Waals surface area contributed by atoms with Crippen molar-refractivity contribution in [1.82, 2.24) is 10.2 Å². The number of nitrogens with one attached hydrogen (secondary N) is 1. The normalized spacial score (nSPS) is 17.6. The Bertz CT molecular complexity index is 202. The molecule has 4 nitrogen and oxygen atoms in total. The molecule has 0 aromatic carbocycles. The summed E-state index contributed by atoms with van der Waals surface area (Å²) in [7, 11) is 1.69. The molecule has 1 fully saturated rings. The van der Waals surface area contributed by atoms with Gasteiger partial charge in [0.2, 0.25) is 0 Å². The quantitative estimate of drug-likeness (QED) is 0.690. The van der Waals surface area contributed by atoms with Crippen molar-refractivity contribution < 1.29 is 9.90 Å². The van der Waals surface area contributed by atoms with Gasteiger partial charge in [-0.05, 0) is 24.7 Å². The Labute approximate surface area is 85.3 Å². The third-order valence-electron chi connectivity index (χ3n) is 3.10. The van der Waals surface area contributed by atoms with Crippen molar-refractivity contribution in [1.29, 1.82) is 0 Å². The van der Waals surface area contributed by atoms with Crippen LogP contribution in [-0.2, 0) is 0 Å². The van der Waals surface area contributed by atoms with Gasteiger partial charge in [-0.15, -0.1) is 0 Å². The Hall–Kier alpha value is -0.770. The summed E-state index contributed by atoms with van der Waals surface area (Å²) in [5.41, 5.74) is 0.385. The average Bonchev–Trinajstić information content (AvgIpc) is 2.95. The Morgan fingerprint density at radius 3 is 2.64 bits per heavy atom. The molecule has 0 aliphatic heterocycles. The van der Waals surface area contributed by atoms with Gasteiger partial charge < -0.3 is 15.3 Å². The predicted octanol–water partition coefficient (Wildman–Crippen LogP) is 0.810. The molecule has 1 rings (SSSR count). The number of nitrogens with zero attached hydrogens (tertiary/aromatic N) is 1. The summed E-state index contributed by atoms with van der Waals surface area (Å²) in [6, 6.07) is -0.0845. The number of aliphatic hydroxyl groups excluding tert-OH is 1. The van der Waals surface area contributed by atoms with E-state index in [2.05, 4.69) is 12.2 Å². The molecule has 82 valence electrons. The minimum absolute atomic E-state index is 0.0167. The standard InChI is InChI=1S/C10H20N2O2/c1-3-10(4-5-10)8-11-9(14)12(2)6-7-13/h13H,3-8H2,1-2H3,(H,11,14). The molecule has 2 amide bonds.